The molecule has 0 atom stereocenters. The van der Waals surface area contributed by atoms with E-state index in [4.69, 9.17) is 11.6 Å². The molecule has 2 aromatic carbocycles. The Morgan fingerprint density at radius 1 is 1.06 bits per heavy atom. The van der Waals surface area contributed by atoms with E-state index in [1.54, 1.807) is 6.07 Å². The van der Waals surface area contributed by atoms with Gasteiger partial charge in [-0.05, 0) is 61.7 Å². The first kappa shape index (κ1) is 24.9. The fraction of sp³-hybridized carbons (Fsp3) is 0.250. The first-order valence-corrected chi connectivity index (χ1v) is 13.8. The summed E-state index contributed by atoms with van der Waals surface area (Å²) in [5.41, 5.74) is 1.43. The SMILES string of the molecule is O=S(=O)(c1c(F)c(Br)cc(F)c1Br)N1CCN(c2nc(Cc3cc(F)cc(Cl)c3)cs2)CC1. The molecule has 0 saturated carbocycles. The van der Waals surface area contributed by atoms with Crippen molar-refractivity contribution in [1.82, 2.24) is 9.29 Å². The van der Waals surface area contributed by atoms with E-state index < -0.39 is 36.8 Å². The standard InChI is InChI=1S/C20H15Br2ClF3N3O2S2/c21-15-9-16(25)17(22)19(18(15)26)33(30,31)29-3-1-28(2-4-29)20-27-14(10-32-20)7-11-5-12(23)8-13(24)6-11/h5-6,8-10H,1-4,7H2. The second-order valence-electron chi connectivity index (χ2n) is 7.26. The van der Waals surface area contributed by atoms with Crippen LogP contribution in [0.1, 0.15) is 11.3 Å². The van der Waals surface area contributed by atoms with Gasteiger partial charge in [0.25, 0.3) is 0 Å². The maximum absolute atomic E-state index is 14.6. The van der Waals surface area contributed by atoms with E-state index in [1.807, 2.05) is 10.3 Å². The van der Waals surface area contributed by atoms with Crippen molar-refractivity contribution in [2.24, 2.45) is 0 Å². The lowest BCUT2D eigenvalue weighted by Crippen LogP contribution is -2.49. The van der Waals surface area contributed by atoms with E-state index in [9.17, 15) is 21.6 Å². The minimum atomic E-state index is -4.27. The largest absolute Gasteiger partial charge is 0.345 e. The molecule has 1 aliphatic heterocycles. The number of aromatic nitrogens is 1. The molecule has 0 N–H and O–H groups in total. The molecule has 0 radical (unpaired) electrons. The van der Waals surface area contributed by atoms with Gasteiger partial charge in [0.1, 0.15) is 16.5 Å². The zero-order valence-corrected chi connectivity index (χ0v) is 22.2. The predicted octanol–water partition coefficient (Wildman–Crippen LogP) is 5.84. The molecule has 0 bridgehead atoms. The third-order valence-electron chi connectivity index (χ3n) is 5.03. The van der Waals surface area contributed by atoms with Gasteiger partial charge >= 0.3 is 0 Å². The zero-order chi connectivity index (χ0) is 23.9. The summed E-state index contributed by atoms with van der Waals surface area (Å²) >= 11 is 13.0. The Morgan fingerprint density at radius 2 is 1.76 bits per heavy atom. The number of thiazole rings is 1. The number of sulfonamides is 1. The van der Waals surface area contributed by atoms with Crippen LogP contribution in [0.25, 0.3) is 0 Å². The van der Waals surface area contributed by atoms with Crippen LogP contribution >= 0.6 is 54.8 Å². The Bertz CT molecular complexity index is 1270. The molecular weight excluding hydrogens is 631 g/mol. The number of nitrogens with zero attached hydrogens (tertiary/aromatic N) is 3. The molecule has 1 aliphatic rings. The number of rotatable bonds is 5. The summed E-state index contributed by atoms with van der Waals surface area (Å²) < 4.78 is 68.7. The van der Waals surface area contributed by atoms with Crippen LogP contribution < -0.4 is 4.90 Å². The van der Waals surface area contributed by atoms with Crippen LogP contribution in [0.2, 0.25) is 5.02 Å². The molecule has 3 aromatic rings. The lowest BCUT2D eigenvalue weighted by Gasteiger charge is -2.34. The van der Waals surface area contributed by atoms with Crippen molar-refractivity contribution >= 4 is 70.0 Å². The minimum Gasteiger partial charge on any atom is -0.345 e. The summed E-state index contributed by atoms with van der Waals surface area (Å²) in [5, 5.41) is 2.87. The average molecular weight is 646 g/mol. The van der Waals surface area contributed by atoms with Gasteiger partial charge in [-0.15, -0.1) is 11.3 Å². The zero-order valence-electron chi connectivity index (χ0n) is 16.7. The van der Waals surface area contributed by atoms with E-state index in [1.165, 1.54) is 23.5 Å². The van der Waals surface area contributed by atoms with Crippen LogP contribution in [0.4, 0.5) is 18.3 Å². The number of piperazine rings is 1. The van der Waals surface area contributed by atoms with Gasteiger partial charge in [-0.25, -0.2) is 26.6 Å². The molecule has 4 rings (SSSR count). The van der Waals surface area contributed by atoms with Crippen molar-refractivity contribution in [3.05, 3.63) is 72.3 Å². The van der Waals surface area contributed by atoms with Gasteiger partial charge in [-0.3, -0.25) is 0 Å². The quantitative estimate of drug-likeness (QED) is 0.328. The van der Waals surface area contributed by atoms with Crippen LogP contribution in [0, 0.1) is 17.5 Å². The molecule has 176 valence electrons. The number of anilines is 1. The maximum atomic E-state index is 14.6. The van der Waals surface area contributed by atoms with Crippen LogP contribution in [0.5, 0.6) is 0 Å². The molecule has 1 fully saturated rings. The van der Waals surface area contributed by atoms with E-state index >= 15 is 0 Å². The van der Waals surface area contributed by atoms with Crippen molar-refractivity contribution in [3.8, 4) is 0 Å². The molecular formula is C20H15Br2ClF3N3O2S2. The third-order valence-corrected chi connectivity index (χ3v) is 9.75. The topological polar surface area (TPSA) is 53.5 Å². The summed E-state index contributed by atoms with van der Waals surface area (Å²) in [6.45, 7) is 0.814. The first-order chi connectivity index (χ1) is 15.6. The average Bonchev–Trinajstić information content (AvgIpc) is 3.20. The fourth-order valence-corrected chi connectivity index (χ4v) is 7.59. The Labute approximate surface area is 214 Å². The Hall–Kier alpha value is -1.18. The molecule has 5 nitrogen and oxygen atoms in total. The normalized spacial score (nSPS) is 15.3. The van der Waals surface area contributed by atoms with Gasteiger partial charge in [-0.2, -0.15) is 4.31 Å². The molecule has 2 heterocycles. The number of hydrogen-bond acceptors (Lipinski definition) is 5. The Kier molecular flexibility index (Phi) is 7.42. The van der Waals surface area contributed by atoms with Crippen molar-refractivity contribution in [1.29, 1.82) is 0 Å². The van der Waals surface area contributed by atoms with Gasteiger partial charge in [0.05, 0.1) is 14.6 Å². The van der Waals surface area contributed by atoms with Gasteiger partial charge in [0, 0.05) is 43.0 Å². The monoisotopic (exact) mass is 643 g/mol. The number of benzene rings is 2. The molecule has 0 aliphatic carbocycles. The maximum Gasteiger partial charge on any atom is 0.247 e. The highest BCUT2D eigenvalue weighted by Gasteiger charge is 2.35. The molecule has 33 heavy (non-hydrogen) atoms. The highest BCUT2D eigenvalue weighted by Crippen LogP contribution is 2.35. The summed E-state index contributed by atoms with van der Waals surface area (Å²) in [5.74, 6) is -2.35. The van der Waals surface area contributed by atoms with E-state index in [-0.39, 0.29) is 17.6 Å². The second-order valence-corrected chi connectivity index (χ2v) is 12.1. The van der Waals surface area contributed by atoms with Crippen molar-refractivity contribution in [3.63, 3.8) is 0 Å². The van der Waals surface area contributed by atoms with Gasteiger partial charge in [-0.1, -0.05) is 11.6 Å². The molecule has 13 heteroatoms. The summed E-state index contributed by atoms with van der Waals surface area (Å²) in [6.07, 6.45) is 0.407. The van der Waals surface area contributed by atoms with Crippen LogP contribution in [0.15, 0.2) is 43.5 Å². The van der Waals surface area contributed by atoms with E-state index in [2.05, 4.69) is 36.8 Å². The van der Waals surface area contributed by atoms with E-state index in [0.29, 0.717) is 35.2 Å². The highest BCUT2D eigenvalue weighted by molar-refractivity contribution is 9.11. The predicted molar refractivity (Wildman–Crippen MR) is 129 cm³/mol. The van der Waals surface area contributed by atoms with Crippen LogP contribution in [-0.4, -0.2) is 43.9 Å². The lowest BCUT2D eigenvalue weighted by molar-refractivity contribution is 0.381. The third kappa shape index (κ3) is 5.25. The van der Waals surface area contributed by atoms with Gasteiger partial charge < -0.3 is 4.90 Å². The molecule has 1 saturated heterocycles. The first-order valence-electron chi connectivity index (χ1n) is 9.53. The van der Waals surface area contributed by atoms with Crippen LogP contribution in [0.3, 0.4) is 0 Å². The Balaban J connectivity index is 1.47. The number of hydrogen-bond donors (Lipinski definition) is 0. The molecule has 0 spiro atoms. The molecule has 1 aromatic heterocycles. The highest BCUT2D eigenvalue weighted by atomic mass is 79.9. The second kappa shape index (κ2) is 9.82. The summed E-state index contributed by atoms with van der Waals surface area (Å²) in [7, 11) is -4.27. The number of halogens is 6. The molecule has 0 amide bonds. The van der Waals surface area contributed by atoms with Crippen molar-refractivity contribution < 1.29 is 21.6 Å². The summed E-state index contributed by atoms with van der Waals surface area (Å²) in [6, 6.07) is 5.18. The lowest BCUT2D eigenvalue weighted by atomic mass is 10.1. The minimum absolute atomic E-state index is 0.0801. The van der Waals surface area contributed by atoms with Crippen LogP contribution in [-0.2, 0) is 16.4 Å². The smallest absolute Gasteiger partial charge is 0.247 e. The van der Waals surface area contributed by atoms with E-state index in [0.717, 1.165) is 16.1 Å². The van der Waals surface area contributed by atoms with Crippen molar-refractivity contribution in [2.75, 3.05) is 31.1 Å². The summed E-state index contributed by atoms with van der Waals surface area (Å²) in [4.78, 5) is 5.77. The van der Waals surface area contributed by atoms with Crippen molar-refractivity contribution in [2.45, 2.75) is 11.3 Å². The van der Waals surface area contributed by atoms with Gasteiger partial charge in [0.2, 0.25) is 10.0 Å². The Morgan fingerprint density at radius 3 is 2.42 bits per heavy atom. The van der Waals surface area contributed by atoms with Gasteiger partial charge in [0.15, 0.2) is 10.9 Å². The fourth-order valence-electron chi connectivity index (χ4n) is 3.47. The molecule has 0 unspecified atom stereocenters.